The van der Waals surface area contributed by atoms with Gasteiger partial charge in [-0.1, -0.05) is 24.6 Å². The Morgan fingerprint density at radius 2 is 2.21 bits per heavy atom. The number of nitro benzene ring substituents is 1. The van der Waals surface area contributed by atoms with E-state index in [2.05, 4.69) is 11.8 Å². The van der Waals surface area contributed by atoms with Gasteiger partial charge in [0.2, 0.25) is 0 Å². The van der Waals surface area contributed by atoms with Gasteiger partial charge < -0.3 is 5.73 Å². The highest BCUT2D eigenvalue weighted by Crippen LogP contribution is 2.26. The van der Waals surface area contributed by atoms with Crippen molar-refractivity contribution in [3.8, 4) is 0 Å². The number of hydrogen-bond donors (Lipinski definition) is 1. The summed E-state index contributed by atoms with van der Waals surface area (Å²) in [5, 5.41) is 11.0. The Morgan fingerprint density at radius 3 is 2.74 bits per heavy atom. The first kappa shape index (κ1) is 16.2. The van der Waals surface area contributed by atoms with E-state index in [0.717, 1.165) is 18.7 Å². The van der Waals surface area contributed by atoms with Crippen LogP contribution in [0.3, 0.4) is 0 Å². The topological polar surface area (TPSA) is 72.4 Å². The normalized spacial score (nSPS) is 23.1. The summed E-state index contributed by atoms with van der Waals surface area (Å²) in [5.74, 6) is 0.465. The minimum absolute atomic E-state index is 0. The lowest BCUT2D eigenvalue weighted by molar-refractivity contribution is -0.384. The molecule has 0 amide bonds. The fourth-order valence-electron chi connectivity index (χ4n) is 2.28. The number of nitrogens with zero attached hydrogens (tertiary/aromatic N) is 2. The van der Waals surface area contributed by atoms with Crippen molar-refractivity contribution in [2.75, 3.05) is 13.1 Å². The molecule has 1 aliphatic heterocycles. The van der Waals surface area contributed by atoms with E-state index in [9.17, 15) is 10.1 Å². The molecule has 1 saturated heterocycles. The molecule has 2 atom stereocenters. The summed E-state index contributed by atoms with van der Waals surface area (Å²) in [6.45, 7) is 4.56. The molecule has 0 bridgehead atoms. The average molecular weight is 306 g/mol. The van der Waals surface area contributed by atoms with Gasteiger partial charge in [0.15, 0.2) is 0 Å². The van der Waals surface area contributed by atoms with Gasteiger partial charge in [-0.2, -0.15) is 0 Å². The van der Waals surface area contributed by atoms with Crippen molar-refractivity contribution in [3.05, 3.63) is 38.9 Å². The van der Waals surface area contributed by atoms with E-state index in [4.69, 9.17) is 17.3 Å². The van der Waals surface area contributed by atoms with Crippen molar-refractivity contribution >= 4 is 29.7 Å². The van der Waals surface area contributed by atoms with Crippen LogP contribution < -0.4 is 5.73 Å². The molecule has 1 fully saturated rings. The molecule has 19 heavy (non-hydrogen) atoms. The first-order chi connectivity index (χ1) is 8.47. The molecule has 106 valence electrons. The first-order valence-corrected chi connectivity index (χ1v) is 6.26. The highest BCUT2D eigenvalue weighted by molar-refractivity contribution is 6.32. The van der Waals surface area contributed by atoms with Crippen LogP contribution in [0.4, 0.5) is 5.69 Å². The minimum atomic E-state index is -0.454. The van der Waals surface area contributed by atoms with Crippen LogP contribution in [-0.2, 0) is 6.54 Å². The Labute approximate surface area is 123 Å². The molecular weight excluding hydrogens is 289 g/mol. The fourth-order valence-corrected chi connectivity index (χ4v) is 2.47. The van der Waals surface area contributed by atoms with Crippen LogP contribution in [0.25, 0.3) is 0 Å². The summed E-state index contributed by atoms with van der Waals surface area (Å²) in [4.78, 5) is 12.6. The monoisotopic (exact) mass is 305 g/mol. The second kappa shape index (κ2) is 6.52. The smallest absolute Gasteiger partial charge is 0.288 e. The lowest BCUT2D eigenvalue weighted by Crippen LogP contribution is -2.28. The highest BCUT2D eigenvalue weighted by atomic mass is 35.5. The average Bonchev–Trinajstić information content (AvgIpc) is 2.60. The molecule has 2 rings (SSSR count). The molecule has 1 aromatic carbocycles. The zero-order valence-electron chi connectivity index (χ0n) is 10.6. The number of nitrogens with two attached hydrogens (primary N) is 1. The number of halogens is 2. The van der Waals surface area contributed by atoms with Gasteiger partial charge in [-0.15, -0.1) is 12.4 Å². The van der Waals surface area contributed by atoms with E-state index < -0.39 is 4.92 Å². The molecular formula is C12H17Cl2N3O2. The molecule has 0 aromatic heterocycles. The molecule has 1 aliphatic rings. The first-order valence-electron chi connectivity index (χ1n) is 5.88. The maximum Gasteiger partial charge on any atom is 0.288 e. The van der Waals surface area contributed by atoms with Crippen LogP contribution in [-0.4, -0.2) is 29.0 Å². The van der Waals surface area contributed by atoms with Crippen molar-refractivity contribution < 1.29 is 4.92 Å². The summed E-state index contributed by atoms with van der Waals surface area (Å²) in [6.07, 6.45) is 0. The molecule has 1 aromatic rings. The highest BCUT2D eigenvalue weighted by Gasteiger charge is 2.26. The second-order valence-electron chi connectivity index (χ2n) is 4.88. The van der Waals surface area contributed by atoms with Crippen LogP contribution in [0.1, 0.15) is 12.5 Å². The quantitative estimate of drug-likeness (QED) is 0.687. The summed E-state index contributed by atoms with van der Waals surface area (Å²) in [5.41, 5.74) is 6.81. The standard InChI is InChI=1S/C12H16ClN3O2.ClH/c1-8-5-15(7-11(8)14)6-9-2-3-10(13)12(4-9)16(17)18;/h2-4,8,11H,5-7,14H2,1H3;1H. The van der Waals surface area contributed by atoms with E-state index in [1.165, 1.54) is 6.07 Å². The van der Waals surface area contributed by atoms with E-state index in [-0.39, 0.29) is 29.2 Å². The van der Waals surface area contributed by atoms with Gasteiger partial charge in [0.25, 0.3) is 5.69 Å². The molecule has 1 heterocycles. The van der Waals surface area contributed by atoms with Crippen LogP contribution in [0, 0.1) is 16.0 Å². The van der Waals surface area contributed by atoms with Gasteiger partial charge in [-0.05, 0) is 17.5 Å². The Bertz CT molecular complexity index is 460. The maximum atomic E-state index is 10.8. The third-order valence-corrected chi connectivity index (χ3v) is 3.68. The van der Waals surface area contributed by atoms with Crippen molar-refractivity contribution in [3.63, 3.8) is 0 Å². The predicted octanol–water partition coefficient (Wildman–Crippen LogP) is 2.45. The van der Waals surface area contributed by atoms with Crippen molar-refractivity contribution in [1.29, 1.82) is 0 Å². The van der Waals surface area contributed by atoms with Crippen LogP contribution in [0.5, 0.6) is 0 Å². The zero-order valence-corrected chi connectivity index (χ0v) is 12.2. The molecule has 0 spiro atoms. The zero-order chi connectivity index (χ0) is 13.3. The van der Waals surface area contributed by atoms with Crippen molar-refractivity contribution in [2.45, 2.75) is 19.5 Å². The number of benzene rings is 1. The largest absolute Gasteiger partial charge is 0.326 e. The van der Waals surface area contributed by atoms with Gasteiger partial charge >= 0.3 is 0 Å². The van der Waals surface area contributed by atoms with E-state index >= 15 is 0 Å². The minimum Gasteiger partial charge on any atom is -0.326 e. The SMILES string of the molecule is CC1CN(Cc2ccc(Cl)c([N+](=O)[O-])c2)CC1N.Cl. The molecule has 5 nitrogen and oxygen atoms in total. The van der Waals surface area contributed by atoms with Gasteiger partial charge in [0.1, 0.15) is 5.02 Å². The molecule has 7 heteroatoms. The third kappa shape index (κ3) is 3.79. The van der Waals surface area contributed by atoms with E-state index in [1.54, 1.807) is 6.07 Å². The molecule has 2 unspecified atom stereocenters. The number of rotatable bonds is 3. The van der Waals surface area contributed by atoms with Gasteiger partial charge in [0, 0.05) is 31.7 Å². The second-order valence-corrected chi connectivity index (χ2v) is 5.29. The Kier molecular flexibility index (Phi) is 5.55. The molecule has 0 radical (unpaired) electrons. The Morgan fingerprint density at radius 1 is 1.53 bits per heavy atom. The van der Waals surface area contributed by atoms with Crippen molar-refractivity contribution in [2.24, 2.45) is 11.7 Å². The van der Waals surface area contributed by atoms with Crippen LogP contribution >= 0.6 is 24.0 Å². The molecule has 2 N–H and O–H groups in total. The van der Waals surface area contributed by atoms with Crippen LogP contribution in [0.15, 0.2) is 18.2 Å². The third-order valence-electron chi connectivity index (χ3n) is 3.36. The van der Waals surface area contributed by atoms with Crippen LogP contribution in [0.2, 0.25) is 5.02 Å². The van der Waals surface area contributed by atoms with Gasteiger partial charge in [-0.25, -0.2) is 0 Å². The number of nitro groups is 1. The summed E-state index contributed by atoms with van der Waals surface area (Å²) < 4.78 is 0. The van der Waals surface area contributed by atoms with E-state index in [0.29, 0.717) is 12.5 Å². The lowest BCUT2D eigenvalue weighted by Gasteiger charge is -2.15. The van der Waals surface area contributed by atoms with Gasteiger partial charge in [-0.3, -0.25) is 15.0 Å². The fraction of sp³-hybridized carbons (Fsp3) is 0.500. The Balaban J connectivity index is 0.00000180. The van der Waals surface area contributed by atoms with Crippen molar-refractivity contribution in [1.82, 2.24) is 4.90 Å². The Hall–Kier alpha value is -0.880. The van der Waals surface area contributed by atoms with E-state index in [1.807, 2.05) is 6.07 Å². The summed E-state index contributed by atoms with van der Waals surface area (Å²) in [7, 11) is 0. The maximum absolute atomic E-state index is 10.8. The predicted molar refractivity (Wildman–Crippen MR) is 77.8 cm³/mol. The molecule has 0 aliphatic carbocycles. The number of likely N-dealkylation sites (tertiary alicyclic amines) is 1. The summed E-state index contributed by atoms with van der Waals surface area (Å²) in [6, 6.07) is 5.13. The lowest BCUT2D eigenvalue weighted by atomic mass is 10.1. The van der Waals surface area contributed by atoms with Gasteiger partial charge in [0.05, 0.1) is 4.92 Å². The summed E-state index contributed by atoms with van der Waals surface area (Å²) >= 11 is 5.78. The number of hydrogen-bond acceptors (Lipinski definition) is 4. The molecule has 0 saturated carbocycles.